The van der Waals surface area contributed by atoms with E-state index in [0.29, 0.717) is 6.54 Å². The molecule has 106 valence electrons. The van der Waals surface area contributed by atoms with Crippen LogP contribution in [0.3, 0.4) is 0 Å². The van der Waals surface area contributed by atoms with Crippen LogP contribution < -0.4 is 11.1 Å². The summed E-state index contributed by atoms with van der Waals surface area (Å²) in [6.07, 6.45) is 4.69. The number of rotatable bonds is 5. The van der Waals surface area contributed by atoms with Crippen LogP contribution in [-0.4, -0.2) is 23.2 Å². The maximum atomic E-state index is 11.4. The molecule has 0 unspecified atom stereocenters. The van der Waals surface area contributed by atoms with Crippen molar-refractivity contribution in [1.29, 1.82) is 0 Å². The molecule has 3 N–H and O–H groups in total. The van der Waals surface area contributed by atoms with Crippen LogP contribution in [0.15, 0.2) is 24.5 Å². The Balaban J connectivity index is 2.19. The summed E-state index contributed by atoms with van der Waals surface area (Å²) in [5.41, 5.74) is 6.64. The summed E-state index contributed by atoms with van der Waals surface area (Å²) in [4.78, 5) is 15.4. The quantitative estimate of drug-likeness (QED) is 0.801. The lowest BCUT2D eigenvalue weighted by Gasteiger charge is -2.19. The Morgan fingerprint density at radius 3 is 2.63 bits per heavy atom. The first-order chi connectivity index (χ1) is 8.88. The average Bonchev–Trinajstić information content (AvgIpc) is 2.33. The third-order valence-corrected chi connectivity index (χ3v) is 2.49. The second-order valence-corrected chi connectivity index (χ2v) is 5.46. The Morgan fingerprint density at radius 1 is 1.42 bits per heavy atom. The van der Waals surface area contributed by atoms with E-state index in [9.17, 15) is 4.79 Å². The minimum Gasteiger partial charge on any atom is -0.444 e. The van der Waals surface area contributed by atoms with E-state index >= 15 is 0 Å². The van der Waals surface area contributed by atoms with Crippen molar-refractivity contribution in [2.24, 2.45) is 5.73 Å². The molecule has 0 bridgehead atoms. The molecule has 0 fully saturated rings. The minimum absolute atomic E-state index is 0.0246. The van der Waals surface area contributed by atoms with Gasteiger partial charge in [-0.3, -0.25) is 4.98 Å². The summed E-state index contributed by atoms with van der Waals surface area (Å²) >= 11 is 0. The molecule has 5 heteroatoms. The number of nitrogens with zero attached hydrogens (tertiary/aromatic N) is 1. The molecule has 0 aliphatic rings. The zero-order chi connectivity index (χ0) is 14.3. The molecule has 1 heterocycles. The first kappa shape index (κ1) is 15.4. The van der Waals surface area contributed by atoms with E-state index in [0.717, 1.165) is 18.4 Å². The Kier molecular flexibility index (Phi) is 5.76. The zero-order valence-corrected chi connectivity index (χ0v) is 11.8. The number of aromatic nitrogens is 1. The van der Waals surface area contributed by atoms with Crippen LogP contribution in [0.5, 0.6) is 0 Å². The maximum Gasteiger partial charge on any atom is 0.407 e. The highest BCUT2D eigenvalue weighted by Crippen LogP contribution is 2.14. The normalized spacial score (nSPS) is 12.8. The molecule has 0 aliphatic carbocycles. The van der Waals surface area contributed by atoms with Crippen LogP contribution in [0.2, 0.25) is 0 Å². The number of nitrogens with one attached hydrogen (secondary N) is 1. The lowest BCUT2D eigenvalue weighted by atomic mass is 10.0. The Labute approximate surface area is 114 Å². The first-order valence-corrected chi connectivity index (χ1v) is 6.51. The Hall–Kier alpha value is -1.62. The third-order valence-electron chi connectivity index (χ3n) is 2.49. The highest BCUT2D eigenvalue weighted by atomic mass is 16.6. The molecular weight excluding hydrogens is 242 g/mol. The van der Waals surface area contributed by atoms with Gasteiger partial charge >= 0.3 is 6.09 Å². The van der Waals surface area contributed by atoms with Crippen molar-refractivity contribution in [3.63, 3.8) is 0 Å². The second-order valence-electron chi connectivity index (χ2n) is 5.46. The van der Waals surface area contributed by atoms with Crippen LogP contribution in [0.25, 0.3) is 0 Å². The fraction of sp³-hybridized carbons (Fsp3) is 0.571. The maximum absolute atomic E-state index is 11.4. The van der Waals surface area contributed by atoms with Crippen LogP contribution in [0.4, 0.5) is 4.79 Å². The van der Waals surface area contributed by atoms with Gasteiger partial charge in [0.1, 0.15) is 5.60 Å². The van der Waals surface area contributed by atoms with Gasteiger partial charge in [-0.15, -0.1) is 0 Å². The fourth-order valence-corrected chi connectivity index (χ4v) is 1.60. The number of hydrogen-bond acceptors (Lipinski definition) is 4. The van der Waals surface area contributed by atoms with Crippen LogP contribution >= 0.6 is 0 Å². The summed E-state index contributed by atoms with van der Waals surface area (Å²) < 4.78 is 5.14. The Morgan fingerprint density at radius 2 is 2.05 bits per heavy atom. The van der Waals surface area contributed by atoms with Crippen molar-refractivity contribution in [2.45, 2.75) is 45.3 Å². The van der Waals surface area contributed by atoms with Gasteiger partial charge in [-0.05, 0) is 51.3 Å². The van der Waals surface area contributed by atoms with E-state index in [1.807, 2.05) is 32.9 Å². The molecule has 1 amide bonds. The molecule has 5 nitrogen and oxygen atoms in total. The van der Waals surface area contributed by atoms with Crippen LogP contribution in [0, 0.1) is 0 Å². The molecule has 1 aromatic heterocycles. The standard InChI is InChI=1S/C14H23N3O2/c1-14(2,3)19-13(18)17-8-4-5-12(15)11-6-9-16-10-7-11/h6-7,9-10,12H,4-5,8,15H2,1-3H3,(H,17,18)/t12-/m0/s1. The summed E-state index contributed by atoms with van der Waals surface area (Å²) in [5, 5.41) is 2.72. The predicted molar refractivity (Wildman–Crippen MR) is 74.6 cm³/mol. The van der Waals surface area contributed by atoms with Gasteiger partial charge in [-0.1, -0.05) is 0 Å². The summed E-state index contributed by atoms with van der Waals surface area (Å²) in [5.74, 6) is 0. The number of amides is 1. The van der Waals surface area contributed by atoms with E-state index in [4.69, 9.17) is 10.5 Å². The third kappa shape index (κ3) is 6.76. The lowest BCUT2D eigenvalue weighted by Crippen LogP contribution is -2.33. The number of pyridine rings is 1. The highest BCUT2D eigenvalue weighted by molar-refractivity contribution is 5.67. The van der Waals surface area contributed by atoms with Gasteiger partial charge in [0.15, 0.2) is 0 Å². The molecule has 1 aromatic rings. The van der Waals surface area contributed by atoms with Crippen molar-refractivity contribution < 1.29 is 9.53 Å². The molecule has 0 radical (unpaired) electrons. The summed E-state index contributed by atoms with van der Waals surface area (Å²) in [7, 11) is 0. The van der Waals surface area contributed by atoms with E-state index in [1.165, 1.54) is 0 Å². The smallest absolute Gasteiger partial charge is 0.407 e. The molecule has 0 saturated heterocycles. The van der Waals surface area contributed by atoms with E-state index in [-0.39, 0.29) is 12.1 Å². The average molecular weight is 265 g/mol. The number of nitrogens with two attached hydrogens (primary N) is 1. The fourth-order valence-electron chi connectivity index (χ4n) is 1.60. The first-order valence-electron chi connectivity index (χ1n) is 6.51. The van der Waals surface area contributed by atoms with Crippen molar-refractivity contribution in [3.05, 3.63) is 30.1 Å². The molecule has 1 atom stereocenters. The molecular formula is C14H23N3O2. The number of carbonyl (C=O) groups excluding carboxylic acids is 1. The highest BCUT2D eigenvalue weighted by Gasteiger charge is 2.15. The van der Waals surface area contributed by atoms with Gasteiger partial charge in [0.25, 0.3) is 0 Å². The number of ether oxygens (including phenoxy) is 1. The van der Waals surface area contributed by atoms with Gasteiger partial charge in [-0.2, -0.15) is 0 Å². The van der Waals surface area contributed by atoms with E-state index in [1.54, 1.807) is 12.4 Å². The molecule has 0 aromatic carbocycles. The van der Waals surface area contributed by atoms with Crippen LogP contribution in [0.1, 0.15) is 45.2 Å². The van der Waals surface area contributed by atoms with Gasteiger partial charge in [0.2, 0.25) is 0 Å². The molecule has 0 spiro atoms. The number of hydrogen-bond donors (Lipinski definition) is 2. The topological polar surface area (TPSA) is 77.2 Å². The summed E-state index contributed by atoms with van der Waals surface area (Å²) in [6.45, 7) is 6.08. The molecule has 19 heavy (non-hydrogen) atoms. The van der Waals surface area contributed by atoms with E-state index in [2.05, 4.69) is 10.3 Å². The SMILES string of the molecule is CC(C)(C)OC(=O)NCCC[C@H](N)c1ccncc1. The lowest BCUT2D eigenvalue weighted by molar-refractivity contribution is 0.0526. The van der Waals surface area contributed by atoms with Crippen molar-refractivity contribution in [1.82, 2.24) is 10.3 Å². The van der Waals surface area contributed by atoms with Gasteiger partial charge in [0.05, 0.1) is 0 Å². The number of carbonyl (C=O) groups is 1. The Bertz CT molecular complexity index is 387. The zero-order valence-electron chi connectivity index (χ0n) is 11.8. The van der Waals surface area contributed by atoms with Crippen LogP contribution in [-0.2, 0) is 4.74 Å². The molecule has 0 saturated carbocycles. The molecule has 1 rings (SSSR count). The van der Waals surface area contributed by atoms with Gasteiger partial charge < -0.3 is 15.8 Å². The van der Waals surface area contributed by atoms with E-state index < -0.39 is 5.60 Å². The predicted octanol–water partition coefficient (Wildman–Crippen LogP) is 2.39. The van der Waals surface area contributed by atoms with Crippen molar-refractivity contribution in [3.8, 4) is 0 Å². The van der Waals surface area contributed by atoms with Crippen molar-refractivity contribution >= 4 is 6.09 Å². The largest absolute Gasteiger partial charge is 0.444 e. The summed E-state index contributed by atoms with van der Waals surface area (Å²) in [6, 6.07) is 3.79. The minimum atomic E-state index is -0.461. The monoisotopic (exact) mass is 265 g/mol. The second kappa shape index (κ2) is 7.09. The van der Waals surface area contributed by atoms with Gasteiger partial charge in [0, 0.05) is 25.0 Å². The van der Waals surface area contributed by atoms with Gasteiger partial charge in [-0.25, -0.2) is 4.79 Å². The van der Waals surface area contributed by atoms with Crippen molar-refractivity contribution in [2.75, 3.05) is 6.54 Å². The number of alkyl carbamates (subject to hydrolysis) is 1. The molecule has 0 aliphatic heterocycles.